The number of carbonyl (C=O) groups excluding carboxylic acids is 3. The van der Waals surface area contributed by atoms with Gasteiger partial charge in [-0.15, -0.1) is 11.8 Å². The second kappa shape index (κ2) is 9.34. The summed E-state index contributed by atoms with van der Waals surface area (Å²) in [6, 6.07) is 7.69. The number of carboxylic acids is 1. The van der Waals surface area contributed by atoms with Crippen molar-refractivity contribution in [3.05, 3.63) is 35.9 Å². The van der Waals surface area contributed by atoms with Gasteiger partial charge in [0.15, 0.2) is 6.10 Å². The van der Waals surface area contributed by atoms with Gasteiger partial charge in [-0.25, -0.2) is 4.79 Å². The quantitative estimate of drug-likeness (QED) is 0.308. The first-order chi connectivity index (χ1) is 15.3. The number of hydrogen-bond donors (Lipinski definition) is 2. The van der Waals surface area contributed by atoms with Gasteiger partial charge in [0.1, 0.15) is 24.0 Å². The van der Waals surface area contributed by atoms with E-state index < -0.39 is 34.9 Å². The number of quaternary nitrogens is 1. The maximum absolute atomic E-state index is 13.1. The van der Waals surface area contributed by atoms with Crippen LogP contribution in [0.5, 0.6) is 0 Å². The summed E-state index contributed by atoms with van der Waals surface area (Å²) in [5.41, 5.74) is 0.848. The minimum atomic E-state index is -1.06. The zero-order valence-corrected chi connectivity index (χ0v) is 20.4. The van der Waals surface area contributed by atoms with Crippen molar-refractivity contribution in [2.75, 3.05) is 27.7 Å². The Balaban J connectivity index is 1.67. The summed E-state index contributed by atoms with van der Waals surface area (Å²) in [5.74, 6) is -2.26. The first kappa shape index (κ1) is 25.0. The van der Waals surface area contributed by atoms with Crippen LogP contribution in [0.4, 0.5) is 0 Å². The Morgan fingerprint density at radius 3 is 2.42 bits per heavy atom. The number of esters is 1. The average molecular weight is 479 g/mol. The number of rotatable bonds is 9. The van der Waals surface area contributed by atoms with Gasteiger partial charge in [0, 0.05) is 4.75 Å². The summed E-state index contributed by atoms with van der Waals surface area (Å²) in [6.07, 6.45) is -0.955. The van der Waals surface area contributed by atoms with Crippen molar-refractivity contribution in [1.29, 1.82) is 0 Å². The molecule has 2 amide bonds. The van der Waals surface area contributed by atoms with Crippen molar-refractivity contribution in [1.82, 2.24) is 10.2 Å². The molecule has 4 atom stereocenters. The van der Waals surface area contributed by atoms with Crippen molar-refractivity contribution in [2.45, 2.75) is 55.0 Å². The van der Waals surface area contributed by atoms with Gasteiger partial charge in [-0.3, -0.25) is 14.4 Å². The van der Waals surface area contributed by atoms with Crippen LogP contribution in [0, 0.1) is 0 Å². The van der Waals surface area contributed by atoms with E-state index in [0.717, 1.165) is 5.56 Å². The van der Waals surface area contributed by atoms with E-state index in [2.05, 4.69) is 5.32 Å². The zero-order valence-electron chi connectivity index (χ0n) is 19.6. The molecule has 2 heterocycles. The van der Waals surface area contributed by atoms with Crippen molar-refractivity contribution in [3.8, 4) is 0 Å². The fourth-order valence-corrected chi connectivity index (χ4v) is 5.93. The lowest BCUT2D eigenvalue weighted by Gasteiger charge is -2.44. The van der Waals surface area contributed by atoms with E-state index in [1.807, 2.05) is 65.3 Å². The second-order valence-corrected chi connectivity index (χ2v) is 11.9. The predicted molar refractivity (Wildman–Crippen MR) is 123 cm³/mol. The molecular weight excluding hydrogens is 446 g/mol. The molecule has 1 unspecified atom stereocenters. The lowest BCUT2D eigenvalue weighted by Crippen LogP contribution is -2.71. The van der Waals surface area contributed by atoms with Crippen LogP contribution in [0.1, 0.15) is 25.8 Å². The normalized spacial score (nSPS) is 24.5. The molecule has 2 aliphatic rings. The predicted octanol–water partition coefficient (Wildman–Crippen LogP) is 0.869. The average Bonchev–Trinajstić information content (AvgIpc) is 2.93. The first-order valence-corrected chi connectivity index (χ1v) is 11.7. The topological polar surface area (TPSA) is 113 Å². The third-order valence-electron chi connectivity index (χ3n) is 5.62. The summed E-state index contributed by atoms with van der Waals surface area (Å²) >= 11 is 1.44. The number of hydrogen-bond acceptors (Lipinski definition) is 6. The third kappa shape index (κ3) is 5.86. The van der Waals surface area contributed by atoms with Gasteiger partial charge in [-0.1, -0.05) is 30.3 Å². The minimum Gasteiger partial charge on any atom is -0.481 e. The van der Waals surface area contributed by atoms with Crippen LogP contribution >= 0.6 is 11.8 Å². The Morgan fingerprint density at radius 2 is 1.85 bits per heavy atom. The standard InChI is InChI=1S/C23H31N3O6S/c1-23(2)19(22(31)32-15(12-17(28)29)13-26(3,4)5)25-20(30)18(21(25)33-23)24-16(27)11-14-9-7-6-8-10-14/h6-10,15,18-19,21H,11-13H2,1-5H3,(H-,24,27,28,29)/p+1/t15?,18-,19+,21-/m1/s1. The molecule has 2 saturated heterocycles. The molecule has 9 nitrogen and oxygen atoms in total. The van der Waals surface area contributed by atoms with Crippen LogP contribution in [-0.4, -0.2) is 94.2 Å². The molecule has 2 N–H and O–H groups in total. The molecule has 1 aromatic carbocycles. The molecule has 0 radical (unpaired) electrons. The van der Waals surface area contributed by atoms with Gasteiger partial charge < -0.3 is 24.5 Å². The van der Waals surface area contributed by atoms with E-state index in [4.69, 9.17) is 4.74 Å². The molecule has 33 heavy (non-hydrogen) atoms. The van der Waals surface area contributed by atoms with E-state index in [-0.39, 0.29) is 30.0 Å². The lowest BCUT2D eigenvalue weighted by molar-refractivity contribution is -0.873. The number of carbonyl (C=O) groups is 4. The fraction of sp³-hybridized carbons (Fsp3) is 0.565. The number of nitrogens with zero attached hydrogens (tertiary/aromatic N) is 2. The van der Waals surface area contributed by atoms with Crippen LogP contribution in [0.2, 0.25) is 0 Å². The number of nitrogens with one attached hydrogen (secondary N) is 1. The number of β-lactam (4-membered cyclic amide) rings is 1. The molecule has 180 valence electrons. The molecule has 0 saturated carbocycles. The molecule has 3 rings (SSSR count). The Morgan fingerprint density at radius 1 is 1.21 bits per heavy atom. The molecular formula is C23H32N3O6S+. The summed E-state index contributed by atoms with van der Waals surface area (Å²) in [7, 11) is 5.65. The molecule has 0 bridgehead atoms. The lowest BCUT2D eigenvalue weighted by atomic mass is 9.95. The number of amides is 2. The number of ether oxygens (including phenoxy) is 1. The molecule has 2 fully saturated rings. The minimum absolute atomic E-state index is 0.165. The largest absolute Gasteiger partial charge is 0.481 e. The number of thioether (sulfide) groups is 1. The maximum atomic E-state index is 13.1. The van der Waals surface area contributed by atoms with E-state index in [0.29, 0.717) is 11.0 Å². The van der Waals surface area contributed by atoms with E-state index in [9.17, 15) is 24.3 Å². The molecule has 10 heteroatoms. The first-order valence-electron chi connectivity index (χ1n) is 10.8. The van der Waals surface area contributed by atoms with Crippen LogP contribution in [-0.2, 0) is 30.3 Å². The maximum Gasteiger partial charge on any atom is 0.330 e. The van der Waals surface area contributed by atoms with Gasteiger partial charge in [0.2, 0.25) is 11.8 Å². The highest BCUT2D eigenvalue weighted by atomic mass is 32.2. The van der Waals surface area contributed by atoms with Gasteiger partial charge in [0.25, 0.3) is 0 Å². The monoisotopic (exact) mass is 478 g/mol. The van der Waals surface area contributed by atoms with Crippen LogP contribution < -0.4 is 5.32 Å². The second-order valence-electron chi connectivity index (χ2n) is 10.1. The molecule has 0 aromatic heterocycles. The number of likely N-dealkylation sites (N-methyl/N-ethyl adjacent to an activating group) is 1. The van der Waals surface area contributed by atoms with E-state index in [1.165, 1.54) is 16.7 Å². The van der Waals surface area contributed by atoms with Crippen molar-refractivity contribution in [3.63, 3.8) is 0 Å². The summed E-state index contributed by atoms with van der Waals surface area (Å²) in [5, 5.41) is 11.7. The summed E-state index contributed by atoms with van der Waals surface area (Å²) < 4.78 is 5.40. The Kier molecular flexibility index (Phi) is 7.09. The van der Waals surface area contributed by atoms with Crippen LogP contribution in [0.15, 0.2) is 30.3 Å². The highest BCUT2D eigenvalue weighted by Crippen LogP contribution is 2.51. The zero-order chi connectivity index (χ0) is 24.6. The van der Waals surface area contributed by atoms with Gasteiger partial charge >= 0.3 is 11.9 Å². The van der Waals surface area contributed by atoms with Crippen molar-refractivity contribution < 1.29 is 33.5 Å². The molecule has 2 aliphatic heterocycles. The molecule has 1 aromatic rings. The SMILES string of the molecule is CC1(C)S[C@@H]2[C@H](NC(=O)Cc3ccccc3)C(=O)N2[C@H]1C(=O)OC(CC(=O)O)C[N+](C)(C)C. The Bertz CT molecular complexity index is 930. The highest BCUT2D eigenvalue weighted by Gasteiger charge is 2.64. The number of fused-ring (bicyclic) bond motifs is 1. The molecule has 0 spiro atoms. The van der Waals surface area contributed by atoms with Gasteiger partial charge in [-0.2, -0.15) is 0 Å². The van der Waals surface area contributed by atoms with Gasteiger partial charge in [0.05, 0.1) is 34.0 Å². The van der Waals surface area contributed by atoms with Crippen LogP contribution in [0.3, 0.4) is 0 Å². The van der Waals surface area contributed by atoms with E-state index in [1.54, 1.807) is 0 Å². The summed E-state index contributed by atoms with van der Waals surface area (Å²) in [6.45, 7) is 4.03. The van der Waals surface area contributed by atoms with Crippen molar-refractivity contribution in [2.24, 2.45) is 0 Å². The molecule has 0 aliphatic carbocycles. The number of benzene rings is 1. The highest BCUT2D eigenvalue weighted by molar-refractivity contribution is 8.01. The number of aliphatic carboxylic acids is 1. The Hall–Kier alpha value is -2.59. The Labute approximate surface area is 198 Å². The third-order valence-corrected chi connectivity index (χ3v) is 7.20. The number of carboxylic acid groups (broad SMARTS) is 1. The van der Waals surface area contributed by atoms with Crippen LogP contribution in [0.25, 0.3) is 0 Å². The fourth-order valence-electron chi connectivity index (χ4n) is 4.31. The van der Waals surface area contributed by atoms with Gasteiger partial charge in [-0.05, 0) is 19.4 Å². The summed E-state index contributed by atoms with van der Waals surface area (Å²) in [4.78, 5) is 51.3. The smallest absolute Gasteiger partial charge is 0.330 e. The van der Waals surface area contributed by atoms with E-state index >= 15 is 0 Å². The van der Waals surface area contributed by atoms with Crippen molar-refractivity contribution >= 4 is 35.5 Å².